The third-order valence-corrected chi connectivity index (χ3v) is 0.557. The van der Waals surface area contributed by atoms with E-state index in [1.54, 1.807) is 0 Å². The molecule has 33 heavy (non-hydrogen) atoms. The molecule has 1 aliphatic rings. The third-order valence-electron chi connectivity index (χ3n) is 0.557. The van der Waals surface area contributed by atoms with Crippen molar-refractivity contribution >= 4 is 41.8 Å². The van der Waals surface area contributed by atoms with Gasteiger partial charge in [0.05, 0.1) is 0 Å². The minimum atomic E-state index is -0.833. The van der Waals surface area contributed by atoms with E-state index < -0.39 is 41.8 Å². The Morgan fingerprint density at radius 2 is 0.606 bits per heavy atom. The van der Waals surface area contributed by atoms with Gasteiger partial charge < -0.3 is 30.3 Å². The second-order valence-electron chi connectivity index (χ2n) is 3.67. The number of hydrogen-bond donors (Lipinski definition) is 5. The molecule has 0 radical (unpaired) electrons. The Labute approximate surface area is 192 Å². The molecule has 0 spiro atoms. The van der Waals surface area contributed by atoms with E-state index in [0.717, 1.165) is 46.8 Å². The Kier molecular flexibility index (Phi) is 78.9. The number of hydrogen-bond acceptors (Lipinski definition) is 8. The van der Waals surface area contributed by atoms with E-state index in [9.17, 15) is 9.59 Å². The number of ether oxygens (including phenoxy) is 1. The molecule has 1 heterocycles. The number of aliphatic carboxylic acids is 5. The van der Waals surface area contributed by atoms with Gasteiger partial charge in [-0.05, 0) is 0 Å². The number of esters is 2. The van der Waals surface area contributed by atoms with Gasteiger partial charge in [-0.15, -0.1) is 39.5 Å². The number of cyclic esters (lactones) is 2. The molecule has 0 aliphatic carbocycles. The van der Waals surface area contributed by atoms with Gasteiger partial charge >= 0.3 is 11.9 Å². The van der Waals surface area contributed by atoms with Crippen LogP contribution in [0.3, 0.4) is 0 Å². The van der Waals surface area contributed by atoms with Crippen molar-refractivity contribution in [2.75, 3.05) is 0 Å². The highest BCUT2D eigenvalue weighted by Gasteiger charge is 2.10. The molecule has 1 aliphatic heterocycles. The molecule has 0 bridgehead atoms. The molecular formula is C20H34O13. The normalized spacial score (nSPS) is 7.91. The summed E-state index contributed by atoms with van der Waals surface area (Å²) in [4.78, 5) is 64.8. The zero-order valence-electron chi connectivity index (χ0n) is 19.4. The Hall–Kier alpha value is -4.55. The first-order valence-electron chi connectivity index (χ1n) is 7.87. The summed E-state index contributed by atoms with van der Waals surface area (Å²) in [6, 6.07) is 0. The number of rotatable bonds is 0. The van der Waals surface area contributed by atoms with Crippen molar-refractivity contribution < 1.29 is 63.8 Å². The predicted molar refractivity (Wildman–Crippen MR) is 121 cm³/mol. The van der Waals surface area contributed by atoms with E-state index >= 15 is 0 Å². The summed E-state index contributed by atoms with van der Waals surface area (Å²) in [5, 5.41) is 37.1. The molecule has 0 amide bonds. The molecule has 13 nitrogen and oxygen atoms in total. The molecular weight excluding hydrogens is 448 g/mol. The van der Waals surface area contributed by atoms with Gasteiger partial charge in [-0.2, -0.15) is 0 Å². The highest BCUT2D eigenvalue weighted by Crippen LogP contribution is 1.92. The molecule has 0 fully saturated rings. The molecule has 0 atom stereocenters. The van der Waals surface area contributed by atoms with Crippen molar-refractivity contribution in [3.63, 3.8) is 0 Å². The maximum Gasteiger partial charge on any atom is 0.338 e. The van der Waals surface area contributed by atoms with Crippen molar-refractivity contribution in [1.82, 2.24) is 0 Å². The van der Waals surface area contributed by atoms with Crippen LogP contribution in [0.15, 0.2) is 51.6 Å². The molecule has 5 N–H and O–H groups in total. The van der Waals surface area contributed by atoms with Gasteiger partial charge in [-0.25, -0.2) is 9.59 Å². The van der Waals surface area contributed by atoms with Crippen molar-refractivity contribution in [2.45, 2.75) is 34.6 Å². The fraction of sp³-hybridized carbons (Fsp3) is 0.250. The summed E-state index contributed by atoms with van der Waals surface area (Å²) >= 11 is 0. The van der Waals surface area contributed by atoms with Gasteiger partial charge in [-0.3, -0.25) is 24.0 Å². The number of carbonyl (C=O) groups excluding carboxylic acids is 2. The van der Waals surface area contributed by atoms with Crippen molar-refractivity contribution in [1.29, 1.82) is 0 Å². The number of carbonyl (C=O) groups is 7. The molecule has 0 saturated carbocycles. The van der Waals surface area contributed by atoms with Crippen molar-refractivity contribution in [3.05, 3.63) is 51.6 Å². The van der Waals surface area contributed by atoms with E-state index in [1.807, 2.05) is 0 Å². The Balaban J connectivity index is -0.0000000368. The summed E-state index contributed by atoms with van der Waals surface area (Å²) in [5.74, 6) is -5.32. The first-order chi connectivity index (χ1) is 14.9. The maximum absolute atomic E-state index is 9.92. The second kappa shape index (κ2) is 50.8. The molecule has 13 heteroatoms. The summed E-state index contributed by atoms with van der Waals surface area (Å²) in [5.41, 5.74) is 0. The van der Waals surface area contributed by atoms with Gasteiger partial charge in [0.25, 0.3) is 29.8 Å². The van der Waals surface area contributed by atoms with E-state index in [2.05, 4.69) is 44.2 Å². The Morgan fingerprint density at radius 1 is 0.515 bits per heavy atom. The summed E-state index contributed by atoms with van der Waals surface area (Å²) in [6.45, 7) is 23.4. The monoisotopic (exact) mass is 482 g/mol. The van der Waals surface area contributed by atoms with Gasteiger partial charge in [0.15, 0.2) is 0 Å². The summed E-state index contributed by atoms with van der Waals surface area (Å²) in [6.07, 6.45) is 2.17. The Bertz CT molecular complexity index is 468. The standard InChI is InChI=1S/C4H2O3.5C2H4O2.3C2H4/c5-3-1-2-4(6)7-3;5*1-2(3)4;3*1-2/h1-2H;5*1H3,(H,3,4);3*1-2H2. The minimum absolute atomic E-state index is 0.579. The lowest BCUT2D eigenvalue weighted by atomic mass is 10.6. The van der Waals surface area contributed by atoms with Crippen LogP contribution in [0.1, 0.15) is 34.6 Å². The van der Waals surface area contributed by atoms with Gasteiger partial charge in [0.1, 0.15) is 0 Å². The topological polar surface area (TPSA) is 230 Å². The van der Waals surface area contributed by atoms with Crippen molar-refractivity contribution in [2.24, 2.45) is 0 Å². The molecule has 0 aromatic heterocycles. The molecule has 0 unspecified atom stereocenters. The largest absolute Gasteiger partial charge is 0.481 e. The molecule has 0 saturated heterocycles. The van der Waals surface area contributed by atoms with Gasteiger partial charge in [0.2, 0.25) is 0 Å². The van der Waals surface area contributed by atoms with Crippen molar-refractivity contribution in [3.8, 4) is 0 Å². The van der Waals surface area contributed by atoms with Crippen LogP contribution in [-0.2, 0) is 38.3 Å². The average molecular weight is 482 g/mol. The van der Waals surface area contributed by atoms with Gasteiger partial charge in [0, 0.05) is 46.8 Å². The summed E-state index contributed by atoms with van der Waals surface area (Å²) in [7, 11) is 0. The predicted octanol–water partition coefficient (Wildman–Crippen LogP) is 2.49. The smallest absolute Gasteiger partial charge is 0.338 e. The quantitative estimate of drug-likeness (QED) is 0.190. The average Bonchev–Trinajstić information content (AvgIpc) is 3.01. The van der Waals surface area contributed by atoms with Crippen LogP contribution < -0.4 is 0 Å². The molecule has 1 rings (SSSR count). The van der Waals surface area contributed by atoms with Crippen LogP contribution in [-0.4, -0.2) is 67.3 Å². The third kappa shape index (κ3) is 898. The Morgan fingerprint density at radius 3 is 0.636 bits per heavy atom. The van der Waals surface area contributed by atoms with Crippen LogP contribution in [0, 0.1) is 0 Å². The van der Waals surface area contributed by atoms with E-state index in [1.165, 1.54) is 0 Å². The van der Waals surface area contributed by atoms with E-state index in [0.29, 0.717) is 0 Å². The fourth-order valence-electron chi connectivity index (χ4n) is 0.303. The number of carboxylic acid groups (broad SMARTS) is 5. The van der Waals surface area contributed by atoms with Crippen LogP contribution in [0.4, 0.5) is 0 Å². The lowest BCUT2D eigenvalue weighted by Gasteiger charge is -1.80. The first kappa shape index (κ1) is 51.3. The summed E-state index contributed by atoms with van der Waals surface area (Å²) < 4.78 is 3.97. The SMILES string of the molecule is C=C.C=C.C=C.CC(=O)O.CC(=O)O.CC(=O)O.CC(=O)O.CC(=O)O.O=C1C=CC(=O)O1. The minimum Gasteiger partial charge on any atom is -0.481 e. The highest BCUT2D eigenvalue weighted by atomic mass is 16.6. The van der Waals surface area contributed by atoms with E-state index in [-0.39, 0.29) is 0 Å². The second-order valence-corrected chi connectivity index (χ2v) is 3.67. The maximum atomic E-state index is 9.92. The van der Waals surface area contributed by atoms with Crippen LogP contribution in [0.5, 0.6) is 0 Å². The first-order valence-corrected chi connectivity index (χ1v) is 7.87. The molecule has 0 aromatic rings. The lowest BCUT2D eigenvalue weighted by molar-refractivity contribution is -0.150. The van der Waals surface area contributed by atoms with Crippen LogP contribution in [0.25, 0.3) is 0 Å². The zero-order valence-corrected chi connectivity index (χ0v) is 19.4. The van der Waals surface area contributed by atoms with Crippen LogP contribution >= 0.6 is 0 Å². The lowest BCUT2D eigenvalue weighted by Crippen LogP contribution is -1.96. The highest BCUT2D eigenvalue weighted by molar-refractivity contribution is 6.04. The molecule has 192 valence electrons. The zero-order chi connectivity index (χ0) is 29.2. The van der Waals surface area contributed by atoms with E-state index in [4.69, 9.17) is 49.5 Å². The molecule has 0 aromatic carbocycles. The number of carboxylic acids is 5. The van der Waals surface area contributed by atoms with Crippen LogP contribution in [0.2, 0.25) is 0 Å². The fourth-order valence-corrected chi connectivity index (χ4v) is 0.303. The van der Waals surface area contributed by atoms with Gasteiger partial charge in [-0.1, -0.05) is 0 Å².